The minimum atomic E-state index is -0.991. The largest absolute Gasteiger partial charge is 0.480 e. The first-order valence-electron chi connectivity index (χ1n) is 6.06. The number of carbonyl (C=O) groups is 2. The van der Waals surface area contributed by atoms with Gasteiger partial charge in [0.25, 0.3) is 5.91 Å². The van der Waals surface area contributed by atoms with E-state index in [2.05, 4.69) is 5.32 Å². The van der Waals surface area contributed by atoms with E-state index in [9.17, 15) is 9.59 Å². The van der Waals surface area contributed by atoms with Crippen LogP contribution in [0.3, 0.4) is 0 Å². The molecule has 1 atom stereocenters. The maximum Gasteiger partial charge on any atom is 0.326 e. The van der Waals surface area contributed by atoms with Gasteiger partial charge in [0.1, 0.15) is 6.04 Å². The zero-order valence-corrected chi connectivity index (χ0v) is 11.0. The molecule has 0 radical (unpaired) electrons. The summed E-state index contributed by atoms with van der Waals surface area (Å²) >= 11 is 0. The summed E-state index contributed by atoms with van der Waals surface area (Å²) < 4.78 is 0. The molecule has 0 aromatic heterocycles. The molecule has 0 aliphatic carbocycles. The van der Waals surface area contributed by atoms with Crippen molar-refractivity contribution in [2.45, 2.75) is 39.7 Å². The Morgan fingerprint density at radius 1 is 1.22 bits per heavy atom. The average Bonchev–Trinajstić information content (AvgIpc) is 2.26. The average molecular weight is 249 g/mol. The smallest absolute Gasteiger partial charge is 0.326 e. The van der Waals surface area contributed by atoms with Crippen LogP contribution in [0.1, 0.15) is 41.3 Å². The Bertz CT molecular complexity index is 434. The first-order valence-corrected chi connectivity index (χ1v) is 6.06. The Hall–Kier alpha value is -1.84. The van der Waals surface area contributed by atoms with Gasteiger partial charge in [-0.15, -0.1) is 0 Å². The molecule has 18 heavy (non-hydrogen) atoms. The fraction of sp³-hybridized carbons (Fsp3) is 0.429. The van der Waals surface area contributed by atoms with Crippen LogP contribution in [0.15, 0.2) is 18.2 Å². The number of benzene rings is 1. The van der Waals surface area contributed by atoms with Gasteiger partial charge in [-0.2, -0.15) is 0 Å². The molecule has 1 aromatic carbocycles. The van der Waals surface area contributed by atoms with Gasteiger partial charge in [0.15, 0.2) is 0 Å². The van der Waals surface area contributed by atoms with E-state index in [1.165, 1.54) is 0 Å². The third kappa shape index (κ3) is 3.87. The summed E-state index contributed by atoms with van der Waals surface area (Å²) in [5.74, 6) is -1.32. The molecule has 4 nitrogen and oxygen atoms in total. The standard InChI is InChI=1S/C14H19NO3/c1-4-5-12(14(17)18)15-13(16)11-7-9(2)6-10(3)8-11/h6-8,12H,4-5H2,1-3H3,(H,15,16)(H,17,18)/t12-/m0/s1. The molecule has 4 heteroatoms. The van der Waals surface area contributed by atoms with Crippen molar-refractivity contribution in [2.75, 3.05) is 0 Å². The van der Waals surface area contributed by atoms with E-state index in [4.69, 9.17) is 5.11 Å². The van der Waals surface area contributed by atoms with E-state index >= 15 is 0 Å². The van der Waals surface area contributed by atoms with Gasteiger partial charge in [-0.05, 0) is 32.4 Å². The number of carboxylic acid groups (broad SMARTS) is 1. The van der Waals surface area contributed by atoms with Gasteiger partial charge in [0.05, 0.1) is 0 Å². The van der Waals surface area contributed by atoms with Crippen LogP contribution >= 0.6 is 0 Å². The summed E-state index contributed by atoms with van der Waals surface area (Å²) in [6.07, 6.45) is 1.15. The van der Waals surface area contributed by atoms with Gasteiger partial charge >= 0.3 is 5.97 Å². The first kappa shape index (κ1) is 14.2. The number of carboxylic acids is 1. The molecular weight excluding hydrogens is 230 g/mol. The van der Waals surface area contributed by atoms with E-state index < -0.39 is 12.0 Å². The van der Waals surface area contributed by atoms with Crippen LogP contribution in [0.2, 0.25) is 0 Å². The second-order valence-electron chi connectivity index (χ2n) is 4.53. The molecular formula is C14H19NO3. The molecule has 0 unspecified atom stereocenters. The number of aryl methyl sites for hydroxylation is 2. The minimum Gasteiger partial charge on any atom is -0.480 e. The van der Waals surface area contributed by atoms with Gasteiger partial charge in [-0.1, -0.05) is 30.5 Å². The highest BCUT2D eigenvalue weighted by atomic mass is 16.4. The van der Waals surface area contributed by atoms with E-state index in [0.29, 0.717) is 18.4 Å². The highest BCUT2D eigenvalue weighted by molar-refractivity contribution is 5.96. The lowest BCUT2D eigenvalue weighted by Crippen LogP contribution is -2.40. The van der Waals surface area contributed by atoms with Crippen molar-refractivity contribution in [1.82, 2.24) is 5.32 Å². The van der Waals surface area contributed by atoms with Crippen LogP contribution in [-0.4, -0.2) is 23.0 Å². The van der Waals surface area contributed by atoms with Gasteiger partial charge < -0.3 is 10.4 Å². The fourth-order valence-corrected chi connectivity index (χ4v) is 1.89. The fourth-order valence-electron chi connectivity index (χ4n) is 1.89. The number of hydrogen-bond acceptors (Lipinski definition) is 2. The second-order valence-corrected chi connectivity index (χ2v) is 4.53. The molecule has 0 saturated carbocycles. The highest BCUT2D eigenvalue weighted by Gasteiger charge is 2.19. The number of carbonyl (C=O) groups excluding carboxylic acids is 1. The highest BCUT2D eigenvalue weighted by Crippen LogP contribution is 2.09. The molecule has 0 heterocycles. The quantitative estimate of drug-likeness (QED) is 0.841. The monoisotopic (exact) mass is 249 g/mol. The molecule has 1 amide bonds. The van der Waals surface area contributed by atoms with Crippen molar-refractivity contribution < 1.29 is 14.7 Å². The van der Waals surface area contributed by atoms with Crippen LogP contribution < -0.4 is 5.32 Å². The van der Waals surface area contributed by atoms with Crippen molar-refractivity contribution in [3.05, 3.63) is 34.9 Å². The number of amides is 1. The third-order valence-electron chi connectivity index (χ3n) is 2.66. The van der Waals surface area contributed by atoms with Crippen LogP contribution in [0.25, 0.3) is 0 Å². The van der Waals surface area contributed by atoms with Crippen molar-refractivity contribution in [2.24, 2.45) is 0 Å². The van der Waals surface area contributed by atoms with Crippen LogP contribution in [-0.2, 0) is 4.79 Å². The van der Waals surface area contributed by atoms with Crippen LogP contribution in [0.5, 0.6) is 0 Å². The summed E-state index contributed by atoms with van der Waals surface area (Å²) in [6, 6.07) is 4.67. The number of rotatable bonds is 5. The number of nitrogens with one attached hydrogen (secondary N) is 1. The van der Waals surface area contributed by atoms with E-state index in [0.717, 1.165) is 11.1 Å². The normalized spacial score (nSPS) is 11.9. The molecule has 0 bridgehead atoms. The van der Waals surface area contributed by atoms with E-state index in [-0.39, 0.29) is 5.91 Å². The minimum absolute atomic E-state index is 0.331. The van der Waals surface area contributed by atoms with Crippen molar-refractivity contribution in [3.63, 3.8) is 0 Å². The molecule has 0 saturated heterocycles. The Kier molecular flexibility index (Phi) is 4.89. The van der Waals surface area contributed by atoms with Gasteiger partial charge in [0, 0.05) is 5.56 Å². The summed E-state index contributed by atoms with van der Waals surface area (Å²) in [7, 11) is 0. The maximum atomic E-state index is 12.0. The molecule has 2 N–H and O–H groups in total. The Morgan fingerprint density at radius 3 is 2.22 bits per heavy atom. The van der Waals surface area contributed by atoms with Crippen LogP contribution in [0, 0.1) is 13.8 Å². The molecule has 0 fully saturated rings. The van der Waals surface area contributed by atoms with Crippen molar-refractivity contribution in [1.29, 1.82) is 0 Å². The summed E-state index contributed by atoms with van der Waals surface area (Å²) in [5, 5.41) is 11.5. The lowest BCUT2D eigenvalue weighted by atomic mass is 10.1. The van der Waals surface area contributed by atoms with Crippen LogP contribution in [0.4, 0.5) is 0 Å². The lowest BCUT2D eigenvalue weighted by molar-refractivity contribution is -0.139. The Labute approximate surface area is 107 Å². The predicted octanol–water partition coefficient (Wildman–Crippen LogP) is 2.29. The molecule has 98 valence electrons. The SMILES string of the molecule is CCC[C@H](NC(=O)c1cc(C)cc(C)c1)C(=O)O. The maximum absolute atomic E-state index is 12.0. The topological polar surface area (TPSA) is 66.4 Å². The van der Waals surface area contributed by atoms with Crippen molar-refractivity contribution >= 4 is 11.9 Å². The second kappa shape index (κ2) is 6.19. The van der Waals surface area contributed by atoms with Gasteiger partial charge in [-0.3, -0.25) is 4.79 Å². The number of aliphatic carboxylic acids is 1. The number of hydrogen-bond donors (Lipinski definition) is 2. The van der Waals surface area contributed by atoms with Crippen molar-refractivity contribution in [3.8, 4) is 0 Å². The van der Waals surface area contributed by atoms with E-state index in [1.807, 2.05) is 26.8 Å². The molecule has 1 rings (SSSR count). The molecule has 0 spiro atoms. The third-order valence-corrected chi connectivity index (χ3v) is 2.66. The van der Waals surface area contributed by atoms with E-state index in [1.54, 1.807) is 12.1 Å². The van der Waals surface area contributed by atoms with Gasteiger partial charge in [0.2, 0.25) is 0 Å². The predicted molar refractivity (Wildman–Crippen MR) is 69.7 cm³/mol. The first-order chi connectivity index (χ1) is 8.43. The lowest BCUT2D eigenvalue weighted by Gasteiger charge is -2.14. The summed E-state index contributed by atoms with van der Waals surface area (Å²) in [6.45, 7) is 5.70. The molecule has 0 aliphatic rings. The zero-order chi connectivity index (χ0) is 13.7. The Morgan fingerprint density at radius 2 is 1.78 bits per heavy atom. The summed E-state index contributed by atoms with van der Waals surface area (Å²) in [5.41, 5.74) is 2.49. The summed E-state index contributed by atoms with van der Waals surface area (Å²) in [4.78, 5) is 22.9. The molecule has 1 aromatic rings. The molecule has 0 aliphatic heterocycles. The zero-order valence-electron chi connectivity index (χ0n) is 11.0. The van der Waals surface area contributed by atoms with Gasteiger partial charge in [-0.25, -0.2) is 4.79 Å². The Balaban J connectivity index is 2.83.